The molecule has 3 aliphatic heterocycles. The Morgan fingerprint density at radius 3 is 2.38 bits per heavy atom. The molecule has 1 aromatic heterocycles. The van der Waals surface area contributed by atoms with E-state index in [4.69, 9.17) is 37.4 Å². The molecule has 4 aromatic rings. The summed E-state index contributed by atoms with van der Waals surface area (Å²) in [6.45, 7) is -0.709. The first-order valence-electron chi connectivity index (χ1n) is 16.4. The average molecular weight is 761 g/mol. The molecule has 52 heavy (non-hydrogen) atoms. The normalized spacial score (nSPS) is 18.5. The molecular formula is C37H34Cl2F3N3O7. The van der Waals surface area contributed by atoms with Gasteiger partial charge in [0.1, 0.15) is 28.1 Å². The largest absolute Gasteiger partial charge is 0.619 e. The maximum Gasteiger partial charge on any atom is 0.415 e. The number of hydrogen-bond donors (Lipinski definition) is 0. The van der Waals surface area contributed by atoms with Crippen LogP contribution in [0.4, 0.5) is 23.7 Å². The van der Waals surface area contributed by atoms with E-state index in [0.29, 0.717) is 22.4 Å². The van der Waals surface area contributed by atoms with E-state index in [1.54, 1.807) is 18.2 Å². The van der Waals surface area contributed by atoms with Crippen LogP contribution < -0.4 is 19.1 Å². The first-order chi connectivity index (χ1) is 25.0. The second kappa shape index (κ2) is 16.3. The van der Waals surface area contributed by atoms with Gasteiger partial charge in [0, 0.05) is 18.5 Å². The summed E-state index contributed by atoms with van der Waals surface area (Å²) < 4.78 is 63.3. The Bertz CT molecular complexity index is 1910. The summed E-state index contributed by atoms with van der Waals surface area (Å²) in [6.07, 6.45) is 1.77. The minimum atomic E-state index is -3.11. The predicted octanol–water partition coefficient (Wildman–Crippen LogP) is 7.75. The molecular weight excluding hydrogens is 726 g/mol. The maximum absolute atomic E-state index is 15.1. The molecule has 0 N–H and O–H groups in total. The SMILES string of the molecule is COc1cc(C(Cc2c(Cl)c[n+]([O-])cc2Cl)OC(=O)c2cccc(CN(C(=O)O[C@H]3CN4CCC3CC4)c3ccccc3F)c2)ccc1OC(F)F. The second-order valence-corrected chi connectivity index (χ2v) is 13.3. The van der Waals surface area contributed by atoms with Gasteiger partial charge in [-0.1, -0.05) is 53.5 Å². The number of pyridine rings is 1. The first kappa shape index (κ1) is 37.1. The molecule has 15 heteroatoms. The van der Waals surface area contributed by atoms with Gasteiger partial charge in [-0.05, 0) is 79.4 Å². The lowest BCUT2D eigenvalue weighted by atomic mass is 9.86. The number of methoxy groups -OCH3 is 1. The van der Waals surface area contributed by atoms with Crippen LogP contribution in [0.3, 0.4) is 0 Å². The molecule has 0 spiro atoms. The third kappa shape index (κ3) is 8.66. The van der Waals surface area contributed by atoms with Gasteiger partial charge in [0.05, 0.1) is 24.9 Å². The highest BCUT2D eigenvalue weighted by atomic mass is 35.5. The number of amides is 1. The number of para-hydroxylation sites is 1. The number of fused-ring (bicyclic) bond motifs is 3. The van der Waals surface area contributed by atoms with Gasteiger partial charge in [0.25, 0.3) is 0 Å². The van der Waals surface area contributed by atoms with Crippen molar-refractivity contribution < 1.29 is 46.4 Å². The molecule has 3 fully saturated rings. The number of ether oxygens (including phenoxy) is 4. The zero-order chi connectivity index (χ0) is 36.9. The van der Waals surface area contributed by atoms with Crippen molar-refractivity contribution in [2.24, 2.45) is 5.92 Å². The summed E-state index contributed by atoms with van der Waals surface area (Å²) in [5.74, 6) is -1.48. The van der Waals surface area contributed by atoms with Crippen LogP contribution in [0.5, 0.6) is 11.5 Å². The van der Waals surface area contributed by atoms with E-state index in [2.05, 4.69) is 9.64 Å². The number of rotatable bonds is 12. The van der Waals surface area contributed by atoms with Gasteiger partial charge < -0.3 is 24.2 Å². The zero-order valence-electron chi connectivity index (χ0n) is 27.9. The van der Waals surface area contributed by atoms with Gasteiger partial charge in [-0.25, -0.2) is 14.0 Å². The van der Waals surface area contributed by atoms with Gasteiger partial charge in [-0.2, -0.15) is 13.5 Å². The number of halogens is 5. The first-order valence-corrected chi connectivity index (χ1v) is 17.2. The van der Waals surface area contributed by atoms with Crippen molar-refractivity contribution in [1.29, 1.82) is 0 Å². The highest BCUT2D eigenvalue weighted by molar-refractivity contribution is 6.35. The van der Waals surface area contributed by atoms with Gasteiger partial charge in [0.15, 0.2) is 23.9 Å². The van der Waals surface area contributed by atoms with Crippen molar-refractivity contribution in [3.05, 3.63) is 122 Å². The van der Waals surface area contributed by atoms with E-state index in [-0.39, 0.29) is 63.3 Å². The summed E-state index contributed by atoms with van der Waals surface area (Å²) >= 11 is 12.7. The Kier molecular flexibility index (Phi) is 11.6. The van der Waals surface area contributed by atoms with Crippen molar-refractivity contribution in [3.63, 3.8) is 0 Å². The molecule has 10 nitrogen and oxygen atoms in total. The second-order valence-electron chi connectivity index (χ2n) is 12.5. The molecule has 3 aromatic carbocycles. The fourth-order valence-electron chi connectivity index (χ4n) is 6.55. The van der Waals surface area contributed by atoms with Crippen LogP contribution in [-0.2, 0) is 22.4 Å². The van der Waals surface area contributed by atoms with E-state index in [9.17, 15) is 23.6 Å². The number of alkyl halides is 2. The van der Waals surface area contributed by atoms with Gasteiger partial charge in [-0.15, -0.1) is 0 Å². The van der Waals surface area contributed by atoms with Crippen LogP contribution in [-0.4, -0.2) is 56.4 Å². The number of anilines is 1. The minimum absolute atomic E-state index is 0.00790. The molecule has 7 rings (SSSR count). The third-order valence-electron chi connectivity index (χ3n) is 9.19. The van der Waals surface area contributed by atoms with Crippen molar-refractivity contribution in [2.75, 3.05) is 31.6 Å². The van der Waals surface area contributed by atoms with E-state index in [1.807, 2.05) is 0 Å². The Hall–Kier alpha value is -4.72. The number of carbonyl (C=O) groups is 2. The zero-order valence-corrected chi connectivity index (χ0v) is 29.4. The molecule has 0 radical (unpaired) electrons. The summed E-state index contributed by atoms with van der Waals surface area (Å²) in [5, 5.41) is 11.9. The number of esters is 1. The highest BCUT2D eigenvalue weighted by Crippen LogP contribution is 2.37. The average Bonchev–Trinajstić information content (AvgIpc) is 3.12. The van der Waals surface area contributed by atoms with Crippen molar-refractivity contribution in [3.8, 4) is 11.5 Å². The van der Waals surface area contributed by atoms with E-state index >= 15 is 4.39 Å². The molecule has 4 heterocycles. The number of carbonyl (C=O) groups excluding carboxylic acids is 2. The Balaban J connectivity index is 1.27. The summed E-state index contributed by atoms with van der Waals surface area (Å²) in [7, 11) is 1.26. The summed E-state index contributed by atoms with van der Waals surface area (Å²) in [5.41, 5.74) is 1.19. The van der Waals surface area contributed by atoms with Crippen LogP contribution in [0.25, 0.3) is 0 Å². The molecule has 3 saturated heterocycles. The third-order valence-corrected chi connectivity index (χ3v) is 9.84. The van der Waals surface area contributed by atoms with Crippen LogP contribution in [0.2, 0.25) is 10.0 Å². The molecule has 0 saturated carbocycles. The lowest BCUT2D eigenvalue weighted by Crippen LogP contribution is -2.53. The summed E-state index contributed by atoms with van der Waals surface area (Å²) in [6, 6.07) is 16.2. The summed E-state index contributed by atoms with van der Waals surface area (Å²) in [4.78, 5) is 30.9. The number of aromatic nitrogens is 1. The Morgan fingerprint density at radius 1 is 1.00 bits per heavy atom. The van der Waals surface area contributed by atoms with Gasteiger partial charge in [0.2, 0.25) is 0 Å². The lowest BCUT2D eigenvalue weighted by molar-refractivity contribution is -0.605. The topological polar surface area (TPSA) is 104 Å². The van der Waals surface area contributed by atoms with Crippen LogP contribution in [0, 0.1) is 16.9 Å². The fourth-order valence-corrected chi connectivity index (χ4v) is 7.15. The van der Waals surface area contributed by atoms with E-state index in [1.165, 1.54) is 60.5 Å². The molecule has 0 aliphatic carbocycles. The van der Waals surface area contributed by atoms with Gasteiger partial charge in [-0.3, -0.25) is 9.80 Å². The van der Waals surface area contributed by atoms with Crippen molar-refractivity contribution in [1.82, 2.24) is 4.90 Å². The number of hydrogen-bond acceptors (Lipinski definition) is 8. The van der Waals surface area contributed by atoms with E-state index < -0.39 is 30.6 Å². The molecule has 274 valence electrons. The van der Waals surface area contributed by atoms with Crippen molar-refractivity contribution >= 4 is 41.0 Å². The quantitative estimate of drug-likeness (QED) is 0.0821. The minimum Gasteiger partial charge on any atom is -0.619 e. The monoisotopic (exact) mass is 759 g/mol. The lowest BCUT2D eigenvalue weighted by Gasteiger charge is -2.44. The molecule has 3 aliphatic rings. The maximum atomic E-state index is 15.1. The standard InChI is InChI=1S/C37H34Cl2F3N3O7/c1-49-33-16-24(9-10-31(33)51-36(41)42)32(17-26-27(38)19-44(48)20-28(26)39)50-35(46)25-6-4-5-22(15-25)18-45(30-8-3-2-7-29(30)40)37(47)52-34-21-43-13-11-23(34)12-14-43/h2-10,15-16,19-20,23,32,34,36H,11-14,17-18,21H2,1H3/t32?,34-/m0/s1. The molecule has 1 unspecified atom stereocenters. The van der Waals surface area contributed by atoms with E-state index in [0.717, 1.165) is 38.3 Å². The molecule has 2 bridgehead atoms. The highest BCUT2D eigenvalue weighted by Gasteiger charge is 2.38. The Labute approximate surface area is 307 Å². The molecule has 1 amide bonds. The van der Waals surface area contributed by atoms with Gasteiger partial charge >= 0.3 is 18.7 Å². The number of piperidine rings is 3. The van der Waals surface area contributed by atoms with Crippen LogP contribution in [0.15, 0.2) is 79.1 Å². The van der Waals surface area contributed by atoms with Crippen LogP contribution in [0.1, 0.15) is 46.0 Å². The molecule has 2 atom stereocenters. The predicted molar refractivity (Wildman–Crippen MR) is 185 cm³/mol. The van der Waals surface area contributed by atoms with Crippen molar-refractivity contribution in [2.45, 2.75) is 44.6 Å². The number of nitrogens with zero attached hydrogens (tertiary/aromatic N) is 3. The van der Waals surface area contributed by atoms with Crippen LogP contribution >= 0.6 is 23.2 Å². The smallest absolute Gasteiger partial charge is 0.415 e. The fraction of sp³-hybridized carbons (Fsp3) is 0.324. The number of benzene rings is 3. The Morgan fingerprint density at radius 2 is 1.73 bits per heavy atom.